The Morgan fingerprint density at radius 2 is 1.81 bits per heavy atom. The van der Waals surface area contributed by atoms with Gasteiger partial charge >= 0.3 is 0 Å². The van der Waals surface area contributed by atoms with E-state index in [0.717, 1.165) is 6.54 Å². The van der Waals surface area contributed by atoms with Crippen molar-refractivity contribution in [1.82, 2.24) is 10.6 Å². The van der Waals surface area contributed by atoms with Crippen LogP contribution in [0.25, 0.3) is 0 Å². The van der Waals surface area contributed by atoms with E-state index in [4.69, 9.17) is 14.2 Å². The monoisotopic (exact) mass is 296 g/mol. The van der Waals surface area contributed by atoms with Gasteiger partial charge in [0.1, 0.15) is 0 Å². The maximum absolute atomic E-state index is 12.3. The topological polar surface area (TPSA) is 68.8 Å². The number of hydrogen-bond acceptors (Lipinski definition) is 5. The van der Waals surface area contributed by atoms with Gasteiger partial charge in [-0.1, -0.05) is 6.92 Å². The van der Waals surface area contributed by atoms with E-state index in [0.29, 0.717) is 29.4 Å². The lowest BCUT2D eigenvalue weighted by Crippen LogP contribution is -2.38. The number of methoxy groups -OCH3 is 3. The molecule has 0 aliphatic heterocycles. The van der Waals surface area contributed by atoms with E-state index in [1.165, 1.54) is 21.3 Å². The van der Waals surface area contributed by atoms with Crippen molar-refractivity contribution in [1.29, 1.82) is 0 Å². The van der Waals surface area contributed by atoms with E-state index in [1.807, 2.05) is 13.8 Å². The predicted octanol–water partition coefficient (Wildman–Crippen LogP) is 1.44. The maximum atomic E-state index is 12.3. The molecule has 0 fully saturated rings. The Morgan fingerprint density at radius 3 is 2.33 bits per heavy atom. The van der Waals surface area contributed by atoms with Gasteiger partial charge in [-0.25, -0.2) is 0 Å². The van der Waals surface area contributed by atoms with Crippen LogP contribution in [-0.2, 0) is 0 Å². The van der Waals surface area contributed by atoms with Crippen molar-refractivity contribution < 1.29 is 19.0 Å². The highest BCUT2D eigenvalue weighted by Crippen LogP contribution is 2.39. The van der Waals surface area contributed by atoms with Crippen LogP contribution >= 0.6 is 0 Å². The molecule has 0 saturated heterocycles. The van der Waals surface area contributed by atoms with Crippen molar-refractivity contribution in [2.75, 3.05) is 34.4 Å². The molecule has 0 unspecified atom stereocenters. The van der Waals surface area contributed by atoms with Gasteiger partial charge < -0.3 is 24.8 Å². The highest BCUT2D eigenvalue weighted by Gasteiger charge is 2.20. The Kier molecular flexibility index (Phi) is 6.81. The molecule has 6 heteroatoms. The largest absolute Gasteiger partial charge is 0.493 e. The molecule has 0 saturated carbocycles. The van der Waals surface area contributed by atoms with Crippen LogP contribution in [0.15, 0.2) is 12.1 Å². The second-order valence-electron chi connectivity index (χ2n) is 4.55. The van der Waals surface area contributed by atoms with Gasteiger partial charge in [0.05, 0.1) is 26.9 Å². The normalized spacial score (nSPS) is 11.7. The first-order valence-corrected chi connectivity index (χ1v) is 6.89. The van der Waals surface area contributed by atoms with E-state index >= 15 is 0 Å². The molecule has 1 aromatic carbocycles. The van der Waals surface area contributed by atoms with Crippen molar-refractivity contribution >= 4 is 5.91 Å². The van der Waals surface area contributed by atoms with Crippen LogP contribution in [0.2, 0.25) is 0 Å². The van der Waals surface area contributed by atoms with Crippen molar-refractivity contribution in [2.45, 2.75) is 19.9 Å². The number of carbonyl (C=O) groups is 1. The van der Waals surface area contributed by atoms with Gasteiger partial charge in [-0.3, -0.25) is 4.79 Å². The van der Waals surface area contributed by atoms with Crippen molar-refractivity contribution in [2.24, 2.45) is 0 Å². The highest BCUT2D eigenvalue weighted by molar-refractivity contribution is 5.98. The Morgan fingerprint density at radius 1 is 1.14 bits per heavy atom. The van der Waals surface area contributed by atoms with Gasteiger partial charge in [0.2, 0.25) is 5.75 Å². The summed E-state index contributed by atoms with van der Waals surface area (Å²) in [6.07, 6.45) is 0. The molecule has 118 valence electrons. The molecule has 2 N–H and O–H groups in total. The molecular formula is C15H24N2O4. The molecular weight excluding hydrogens is 272 g/mol. The zero-order chi connectivity index (χ0) is 15.8. The first kappa shape index (κ1) is 17.1. The molecule has 1 rings (SSSR count). The molecule has 0 radical (unpaired) electrons. The average molecular weight is 296 g/mol. The first-order valence-electron chi connectivity index (χ1n) is 6.89. The summed E-state index contributed by atoms with van der Waals surface area (Å²) in [5.41, 5.74) is 0.416. The molecule has 0 aliphatic carbocycles. The van der Waals surface area contributed by atoms with Crippen LogP contribution in [0.4, 0.5) is 0 Å². The molecule has 6 nitrogen and oxygen atoms in total. The fraction of sp³-hybridized carbons (Fsp3) is 0.533. The molecule has 0 aromatic heterocycles. The van der Waals surface area contributed by atoms with Crippen molar-refractivity contribution in [3.63, 3.8) is 0 Å². The van der Waals surface area contributed by atoms with Crippen LogP contribution in [0.3, 0.4) is 0 Å². The van der Waals surface area contributed by atoms with E-state index in [1.54, 1.807) is 12.1 Å². The van der Waals surface area contributed by atoms with Gasteiger partial charge in [-0.05, 0) is 25.6 Å². The average Bonchev–Trinajstić information content (AvgIpc) is 2.51. The Bertz CT molecular complexity index is 477. The molecule has 0 aliphatic rings. The number of amides is 1. The van der Waals surface area contributed by atoms with Crippen LogP contribution in [-0.4, -0.2) is 46.4 Å². The van der Waals surface area contributed by atoms with E-state index in [2.05, 4.69) is 10.6 Å². The summed E-state index contributed by atoms with van der Waals surface area (Å²) in [5, 5.41) is 6.10. The van der Waals surface area contributed by atoms with E-state index in [-0.39, 0.29) is 11.9 Å². The molecule has 1 aromatic rings. The van der Waals surface area contributed by atoms with E-state index in [9.17, 15) is 4.79 Å². The minimum absolute atomic E-state index is 0.199. The minimum Gasteiger partial charge on any atom is -0.493 e. The molecule has 0 heterocycles. The summed E-state index contributed by atoms with van der Waals surface area (Å²) in [5.74, 6) is 1.09. The fourth-order valence-corrected chi connectivity index (χ4v) is 2.04. The predicted molar refractivity (Wildman–Crippen MR) is 81.6 cm³/mol. The van der Waals surface area contributed by atoms with Crippen LogP contribution in [0.1, 0.15) is 24.2 Å². The third-order valence-corrected chi connectivity index (χ3v) is 3.07. The van der Waals surface area contributed by atoms with Crippen LogP contribution < -0.4 is 24.8 Å². The lowest BCUT2D eigenvalue weighted by Gasteiger charge is -2.17. The smallest absolute Gasteiger partial charge is 0.255 e. The zero-order valence-corrected chi connectivity index (χ0v) is 13.3. The summed E-state index contributed by atoms with van der Waals surface area (Å²) >= 11 is 0. The second-order valence-corrected chi connectivity index (χ2v) is 4.55. The zero-order valence-electron chi connectivity index (χ0n) is 13.3. The van der Waals surface area contributed by atoms with Gasteiger partial charge in [0.25, 0.3) is 5.91 Å². The summed E-state index contributed by atoms with van der Waals surface area (Å²) in [4.78, 5) is 12.3. The van der Waals surface area contributed by atoms with Crippen LogP contribution in [0, 0.1) is 0 Å². The molecule has 1 amide bonds. The molecule has 0 spiro atoms. The third kappa shape index (κ3) is 4.26. The van der Waals surface area contributed by atoms with Gasteiger partial charge in [0, 0.05) is 12.6 Å². The van der Waals surface area contributed by atoms with E-state index < -0.39 is 0 Å². The first-order chi connectivity index (χ1) is 10.1. The Balaban J connectivity index is 2.94. The lowest BCUT2D eigenvalue weighted by atomic mass is 10.1. The highest BCUT2D eigenvalue weighted by atomic mass is 16.5. The maximum Gasteiger partial charge on any atom is 0.255 e. The standard InChI is InChI=1S/C15H24N2O4/c1-6-16-10(2)9-17-15(18)11-7-8-12(19-3)14(21-5)13(11)20-4/h7-8,10,16H,6,9H2,1-5H3,(H,17,18)/t10-/m1/s1. The Hall–Kier alpha value is -1.95. The molecule has 21 heavy (non-hydrogen) atoms. The Labute approximate surface area is 125 Å². The molecule has 0 bridgehead atoms. The van der Waals surface area contributed by atoms with Crippen molar-refractivity contribution in [3.8, 4) is 17.2 Å². The second kappa shape index (κ2) is 8.36. The summed E-state index contributed by atoms with van der Waals surface area (Å²) in [6.45, 7) is 5.42. The number of benzene rings is 1. The fourth-order valence-electron chi connectivity index (χ4n) is 2.04. The molecule has 1 atom stereocenters. The van der Waals surface area contributed by atoms with Gasteiger partial charge in [0.15, 0.2) is 11.5 Å². The third-order valence-electron chi connectivity index (χ3n) is 3.07. The summed E-state index contributed by atoms with van der Waals surface area (Å²) in [7, 11) is 4.54. The number of ether oxygens (including phenoxy) is 3. The van der Waals surface area contributed by atoms with Crippen molar-refractivity contribution in [3.05, 3.63) is 17.7 Å². The number of likely N-dealkylation sites (N-methyl/N-ethyl adjacent to an activating group) is 1. The van der Waals surface area contributed by atoms with Gasteiger partial charge in [-0.15, -0.1) is 0 Å². The number of rotatable bonds is 8. The van der Waals surface area contributed by atoms with Gasteiger partial charge in [-0.2, -0.15) is 0 Å². The number of carbonyl (C=O) groups excluding carboxylic acids is 1. The summed E-state index contributed by atoms with van der Waals surface area (Å²) < 4.78 is 15.8. The minimum atomic E-state index is -0.211. The number of hydrogen-bond donors (Lipinski definition) is 2. The number of nitrogens with one attached hydrogen (secondary N) is 2. The SMILES string of the molecule is CCN[C@H](C)CNC(=O)c1ccc(OC)c(OC)c1OC. The summed E-state index contributed by atoms with van der Waals surface area (Å²) in [6, 6.07) is 3.54. The lowest BCUT2D eigenvalue weighted by molar-refractivity contribution is 0.0946. The quantitative estimate of drug-likeness (QED) is 0.760. The van der Waals surface area contributed by atoms with Crippen LogP contribution in [0.5, 0.6) is 17.2 Å².